The second-order valence-electron chi connectivity index (χ2n) is 9.71. The van der Waals surface area contributed by atoms with Crippen LogP contribution in [0, 0.1) is 0 Å². The first-order valence-electron chi connectivity index (χ1n) is 12.3. The molecule has 0 unspecified atom stereocenters. The van der Waals surface area contributed by atoms with Gasteiger partial charge in [-0.2, -0.15) is 0 Å². The molecule has 6 rings (SSSR count). The van der Waals surface area contributed by atoms with Gasteiger partial charge in [-0.25, -0.2) is 22.4 Å². The van der Waals surface area contributed by atoms with Crippen molar-refractivity contribution >= 4 is 26.9 Å². The Morgan fingerprint density at radius 3 is 2.51 bits per heavy atom. The van der Waals surface area contributed by atoms with Crippen molar-refractivity contribution in [3.05, 3.63) is 72.6 Å². The quantitative estimate of drug-likeness (QED) is 0.401. The van der Waals surface area contributed by atoms with Gasteiger partial charge in [0.2, 0.25) is 5.95 Å². The molecule has 0 amide bonds. The lowest BCUT2D eigenvalue weighted by Crippen LogP contribution is -2.35. The molecule has 4 aromatic rings. The maximum absolute atomic E-state index is 13.6. The van der Waals surface area contributed by atoms with Gasteiger partial charge < -0.3 is 11.1 Å². The number of anilines is 1. The number of nitrogens with two attached hydrogens (primary N) is 1. The van der Waals surface area contributed by atoms with Gasteiger partial charge in [0.1, 0.15) is 0 Å². The van der Waals surface area contributed by atoms with Crippen LogP contribution in [0.3, 0.4) is 0 Å². The molecule has 2 aromatic carbocycles. The third kappa shape index (κ3) is 4.21. The second-order valence-corrected chi connectivity index (χ2v) is 11.5. The molecule has 0 spiro atoms. The number of rotatable bonds is 6. The molecule has 2 saturated carbocycles. The molecule has 8 heteroatoms. The highest BCUT2D eigenvalue weighted by atomic mass is 32.2. The smallest absolute Gasteiger partial charge is 0.268 e. The van der Waals surface area contributed by atoms with Crippen LogP contribution < -0.4 is 11.1 Å². The topological polar surface area (TPSA) is 103 Å². The Morgan fingerprint density at radius 2 is 1.74 bits per heavy atom. The van der Waals surface area contributed by atoms with E-state index in [-0.39, 0.29) is 17.0 Å². The highest BCUT2D eigenvalue weighted by molar-refractivity contribution is 7.90. The third-order valence-electron chi connectivity index (χ3n) is 7.12. The van der Waals surface area contributed by atoms with Gasteiger partial charge in [-0.3, -0.25) is 0 Å². The number of nitrogens with zero attached hydrogens (tertiary/aromatic N) is 3. The van der Waals surface area contributed by atoms with Gasteiger partial charge in [-0.1, -0.05) is 36.4 Å². The van der Waals surface area contributed by atoms with Gasteiger partial charge in [0.05, 0.1) is 16.1 Å². The minimum absolute atomic E-state index is 0.202. The summed E-state index contributed by atoms with van der Waals surface area (Å²) < 4.78 is 28.6. The highest BCUT2D eigenvalue weighted by Crippen LogP contribution is 2.45. The van der Waals surface area contributed by atoms with Crippen molar-refractivity contribution in [2.75, 3.05) is 5.32 Å². The van der Waals surface area contributed by atoms with Crippen LogP contribution in [0.15, 0.2) is 71.9 Å². The summed E-state index contributed by atoms with van der Waals surface area (Å²) in [6, 6.07) is 16.6. The zero-order valence-electron chi connectivity index (χ0n) is 19.5. The Balaban J connectivity index is 1.48. The van der Waals surface area contributed by atoms with E-state index in [1.54, 1.807) is 30.5 Å². The molecule has 2 atom stereocenters. The number of hydrogen-bond acceptors (Lipinski definition) is 6. The average Bonchev–Trinajstić information content (AvgIpc) is 3.64. The molecule has 2 aromatic heterocycles. The summed E-state index contributed by atoms with van der Waals surface area (Å²) in [4.78, 5) is 9.87. The summed E-state index contributed by atoms with van der Waals surface area (Å²) in [5, 5.41) is 4.35. The van der Waals surface area contributed by atoms with Crippen LogP contribution in [-0.4, -0.2) is 34.4 Å². The number of benzene rings is 2. The minimum Gasteiger partial charge on any atom is -0.351 e. The molecule has 2 aliphatic rings. The first-order valence-corrected chi connectivity index (χ1v) is 13.7. The van der Waals surface area contributed by atoms with Crippen molar-refractivity contribution < 1.29 is 8.42 Å². The van der Waals surface area contributed by atoms with Crippen molar-refractivity contribution in [2.24, 2.45) is 5.73 Å². The lowest BCUT2D eigenvalue weighted by Gasteiger charge is -2.27. The molecule has 3 N–H and O–H groups in total. The zero-order valence-corrected chi connectivity index (χ0v) is 20.3. The molecule has 2 aliphatic carbocycles. The van der Waals surface area contributed by atoms with Crippen molar-refractivity contribution in [3.8, 4) is 11.3 Å². The van der Waals surface area contributed by atoms with Crippen molar-refractivity contribution in [2.45, 2.75) is 61.4 Å². The molecule has 180 valence electrons. The van der Waals surface area contributed by atoms with Crippen LogP contribution >= 0.6 is 0 Å². The zero-order chi connectivity index (χ0) is 24.0. The summed E-state index contributed by atoms with van der Waals surface area (Å²) >= 11 is 0. The molecular weight excluding hydrogens is 458 g/mol. The SMILES string of the molecule is N[C@H]1CCC[C@@H](Nc2ncc(C3CC3)c(-c3cn(S(=O)(=O)c4ccccc4)c4ccccc34)n2)C1. The van der Waals surface area contributed by atoms with Gasteiger partial charge in [0, 0.05) is 41.0 Å². The standard InChI is InChI=1S/C27H29N5O2S/c28-19-7-6-8-20(15-19)30-27-29-16-23(18-13-14-18)26(31-27)24-17-32(25-12-5-4-11-22(24)25)35(33,34)21-9-2-1-3-10-21/h1-5,9-12,16-20H,6-8,13-15,28H2,(H,29,30,31)/t19-,20+/m0/s1. The molecule has 0 bridgehead atoms. The molecular formula is C27H29N5O2S. The van der Waals surface area contributed by atoms with Gasteiger partial charge in [0.25, 0.3) is 10.0 Å². The van der Waals surface area contributed by atoms with Gasteiger partial charge >= 0.3 is 0 Å². The highest BCUT2D eigenvalue weighted by Gasteiger charge is 2.31. The van der Waals surface area contributed by atoms with Gasteiger partial charge in [-0.15, -0.1) is 0 Å². The van der Waals surface area contributed by atoms with Crippen molar-refractivity contribution in [1.29, 1.82) is 0 Å². The van der Waals surface area contributed by atoms with E-state index < -0.39 is 10.0 Å². The first kappa shape index (κ1) is 22.2. The van der Waals surface area contributed by atoms with Crippen LogP contribution in [0.25, 0.3) is 22.2 Å². The third-order valence-corrected chi connectivity index (χ3v) is 8.80. The van der Waals surface area contributed by atoms with E-state index in [1.165, 1.54) is 3.97 Å². The molecule has 7 nitrogen and oxygen atoms in total. The average molecular weight is 488 g/mol. The molecule has 0 saturated heterocycles. The van der Waals surface area contributed by atoms with Crippen molar-refractivity contribution in [1.82, 2.24) is 13.9 Å². The van der Waals surface area contributed by atoms with Crippen LogP contribution in [0.5, 0.6) is 0 Å². The predicted octanol–water partition coefficient (Wildman–Crippen LogP) is 4.89. The number of hydrogen-bond donors (Lipinski definition) is 2. The van der Waals surface area contributed by atoms with Crippen molar-refractivity contribution in [3.63, 3.8) is 0 Å². The largest absolute Gasteiger partial charge is 0.351 e. The number of aromatic nitrogens is 3. The maximum Gasteiger partial charge on any atom is 0.268 e. The van der Waals surface area contributed by atoms with E-state index in [1.807, 2.05) is 36.5 Å². The number of nitrogens with one attached hydrogen (secondary N) is 1. The summed E-state index contributed by atoms with van der Waals surface area (Å²) in [7, 11) is -3.77. The fraction of sp³-hybridized carbons (Fsp3) is 0.333. The summed E-state index contributed by atoms with van der Waals surface area (Å²) in [5.74, 6) is 0.987. The van der Waals surface area contributed by atoms with E-state index in [2.05, 4.69) is 10.3 Å². The Labute approximate surface area is 205 Å². The Morgan fingerprint density at radius 1 is 0.971 bits per heavy atom. The van der Waals surface area contributed by atoms with Crippen LogP contribution in [0.2, 0.25) is 0 Å². The van der Waals surface area contributed by atoms with Crippen LogP contribution in [0.4, 0.5) is 5.95 Å². The lowest BCUT2D eigenvalue weighted by molar-refractivity contribution is 0.408. The summed E-state index contributed by atoms with van der Waals surface area (Å²) in [5.41, 5.74) is 9.52. The Kier molecular flexibility index (Phi) is 5.57. The molecule has 2 fully saturated rings. The van der Waals surface area contributed by atoms with Gasteiger partial charge in [-0.05, 0) is 62.6 Å². The molecule has 2 heterocycles. The minimum atomic E-state index is -3.77. The molecule has 0 aliphatic heterocycles. The molecule has 0 radical (unpaired) electrons. The van der Waals surface area contributed by atoms with Crippen LogP contribution in [-0.2, 0) is 10.0 Å². The Hall–Kier alpha value is -3.23. The summed E-state index contributed by atoms with van der Waals surface area (Å²) in [6.07, 6.45) is 9.94. The molecule has 35 heavy (non-hydrogen) atoms. The fourth-order valence-corrected chi connectivity index (χ4v) is 6.54. The second kappa shape index (κ2) is 8.77. The lowest BCUT2D eigenvalue weighted by atomic mass is 9.92. The van der Waals surface area contributed by atoms with E-state index >= 15 is 0 Å². The normalized spacial score (nSPS) is 20.7. The first-order chi connectivity index (χ1) is 17.0. The van der Waals surface area contributed by atoms with E-state index in [0.29, 0.717) is 17.4 Å². The Bertz CT molecular complexity index is 1480. The fourth-order valence-electron chi connectivity index (χ4n) is 5.15. The van der Waals surface area contributed by atoms with E-state index in [0.717, 1.165) is 60.7 Å². The van der Waals surface area contributed by atoms with E-state index in [4.69, 9.17) is 10.7 Å². The van der Waals surface area contributed by atoms with Gasteiger partial charge in [0.15, 0.2) is 0 Å². The monoisotopic (exact) mass is 487 g/mol. The summed E-state index contributed by atoms with van der Waals surface area (Å²) in [6.45, 7) is 0. The predicted molar refractivity (Wildman–Crippen MR) is 138 cm³/mol. The van der Waals surface area contributed by atoms with E-state index in [9.17, 15) is 8.42 Å². The number of para-hydroxylation sites is 1. The maximum atomic E-state index is 13.6. The van der Waals surface area contributed by atoms with Crippen LogP contribution in [0.1, 0.15) is 50.0 Å². The number of fused-ring (bicyclic) bond motifs is 1.